The third kappa shape index (κ3) is 3.20. The van der Waals surface area contributed by atoms with Crippen LogP contribution in [0.1, 0.15) is 19.2 Å². The van der Waals surface area contributed by atoms with Crippen LogP contribution in [0, 0.1) is 0 Å². The molecule has 3 nitrogen and oxygen atoms in total. The van der Waals surface area contributed by atoms with Gasteiger partial charge in [-0.05, 0) is 6.42 Å². The van der Waals surface area contributed by atoms with Crippen molar-refractivity contribution in [3.8, 4) is 0 Å². The van der Waals surface area contributed by atoms with Crippen LogP contribution in [-0.2, 0) is 13.5 Å². The lowest BCUT2D eigenvalue weighted by molar-refractivity contribution is 0.166. The molecule has 0 bridgehead atoms. The molecule has 0 spiro atoms. The molecule has 1 N–H and O–H groups in total. The predicted molar refractivity (Wildman–Crippen MR) is 75.7 cm³/mol. The van der Waals surface area contributed by atoms with Gasteiger partial charge >= 0.3 is 0 Å². The molecule has 1 aliphatic heterocycles. The summed E-state index contributed by atoms with van der Waals surface area (Å²) in [6.45, 7) is 2.21. The smallest absolute Gasteiger partial charge is 0.110 e. The zero-order valence-corrected chi connectivity index (χ0v) is 12.0. The van der Waals surface area contributed by atoms with Gasteiger partial charge in [-0.15, -0.1) is 0 Å². The van der Waals surface area contributed by atoms with E-state index in [1.54, 1.807) is 6.20 Å². The number of aliphatic hydroxyl groups excluding tert-OH is 1. The van der Waals surface area contributed by atoms with Gasteiger partial charge in [-0.1, -0.05) is 6.92 Å². The Hall–Kier alpha value is -0.130. The lowest BCUT2D eigenvalue weighted by atomic mass is 10.1. The Balaban J connectivity index is 1.98. The number of rotatable bonds is 4. The highest BCUT2D eigenvalue weighted by atomic mass is 32.2. The highest BCUT2D eigenvalue weighted by Crippen LogP contribution is 2.35. The van der Waals surface area contributed by atoms with Gasteiger partial charge in [0.1, 0.15) is 5.82 Å². The molecule has 3 unspecified atom stereocenters. The molecule has 2 heterocycles. The van der Waals surface area contributed by atoms with Crippen LogP contribution < -0.4 is 0 Å². The third-order valence-electron chi connectivity index (χ3n) is 3.19. The van der Waals surface area contributed by atoms with Crippen molar-refractivity contribution in [1.29, 1.82) is 0 Å². The van der Waals surface area contributed by atoms with Crippen molar-refractivity contribution in [2.75, 3.05) is 11.5 Å². The molecule has 0 aromatic carbocycles. The summed E-state index contributed by atoms with van der Waals surface area (Å²) in [6.07, 6.45) is 5.25. The first kappa shape index (κ1) is 13.3. The first-order valence-corrected chi connectivity index (χ1v) is 8.19. The Morgan fingerprint density at radius 3 is 2.94 bits per heavy atom. The quantitative estimate of drug-likeness (QED) is 0.909. The maximum atomic E-state index is 10.4. The van der Waals surface area contributed by atoms with Gasteiger partial charge in [0.15, 0.2) is 0 Å². The molecule has 96 valence electrons. The Labute approximate surface area is 111 Å². The summed E-state index contributed by atoms with van der Waals surface area (Å²) in [6, 6.07) is 0. The molecule has 0 amide bonds. The fourth-order valence-electron chi connectivity index (χ4n) is 2.19. The molecular weight excluding hydrogens is 252 g/mol. The predicted octanol–water partition coefficient (Wildman–Crippen LogP) is 1.95. The Kier molecular flexibility index (Phi) is 4.82. The van der Waals surface area contributed by atoms with Crippen molar-refractivity contribution in [3.05, 3.63) is 18.2 Å². The van der Waals surface area contributed by atoms with E-state index in [-0.39, 0.29) is 6.10 Å². The van der Waals surface area contributed by atoms with Gasteiger partial charge < -0.3 is 9.67 Å². The van der Waals surface area contributed by atoms with Crippen LogP contribution >= 0.6 is 23.5 Å². The summed E-state index contributed by atoms with van der Waals surface area (Å²) < 4.78 is 1.99. The highest BCUT2D eigenvalue weighted by molar-refractivity contribution is 8.07. The van der Waals surface area contributed by atoms with Crippen LogP contribution in [-0.4, -0.2) is 42.8 Å². The molecule has 2 rings (SSSR count). The summed E-state index contributed by atoms with van der Waals surface area (Å²) in [4.78, 5) is 4.29. The molecule has 1 fully saturated rings. The van der Waals surface area contributed by atoms with Crippen LogP contribution in [0.25, 0.3) is 0 Å². The molecule has 3 atom stereocenters. The summed E-state index contributed by atoms with van der Waals surface area (Å²) in [5.41, 5.74) is 0. The van der Waals surface area contributed by atoms with E-state index in [1.165, 1.54) is 5.75 Å². The van der Waals surface area contributed by atoms with Crippen LogP contribution in [0.2, 0.25) is 0 Å². The molecule has 0 radical (unpaired) electrons. The van der Waals surface area contributed by atoms with Gasteiger partial charge in [0.05, 0.1) is 6.10 Å². The van der Waals surface area contributed by atoms with Crippen molar-refractivity contribution in [3.63, 3.8) is 0 Å². The van der Waals surface area contributed by atoms with Crippen LogP contribution in [0.4, 0.5) is 0 Å². The monoisotopic (exact) mass is 272 g/mol. The van der Waals surface area contributed by atoms with E-state index in [0.717, 1.165) is 18.0 Å². The fourth-order valence-corrected chi connectivity index (χ4v) is 5.34. The average molecular weight is 272 g/mol. The van der Waals surface area contributed by atoms with Gasteiger partial charge in [0.2, 0.25) is 0 Å². The number of hydrogen-bond donors (Lipinski definition) is 1. The van der Waals surface area contributed by atoms with E-state index in [2.05, 4.69) is 11.9 Å². The topological polar surface area (TPSA) is 38.1 Å². The molecular formula is C12H20N2OS2. The summed E-state index contributed by atoms with van der Waals surface area (Å²) in [7, 11) is 1.98. The Morgan fingerprint density at radius 2 is 2.29 bits per heavy atom. The van der Waals surface area contributed by atoms with Crippen LogP contribution in [0.5, 0.6) is 0 Å². The molecule has 1 saturated heterocycles. The lowest BCUT2D eigenvalue weighted by Gasteiger charge is -2.33. The highest BCUT2D eigenvalue weighted by Gasteiger charge is 2.31. The third-order valence-corrected chi connectivity index (χ3v) is 6.58. The molecule has 0 saturated carbocycles. The molecule has 1 aromatic heterocycles. The lowest BCUT2D eigenvalue weighted by Crippen LogP contribution is -2.37. The van der Waals surface area contributed by atoms with Crippen molar-refractivity contribution >= 4 is 23.5 Å². The van der Waals surface area contributed by atoms with Gasteiger partial charge in [0, 0.05) is 47.9 Å². The molecule has 1 aromatic rings. The first-order valence-electron chi connectivity index (χ1n) is 6.09. The second-order valence-electron chi connectivity index (χ2n) is 4.38. The minimum absolute atomic E-state index is 0.279. The van der Waals surface area contributed by atoms with E-state index in [9.17, 15) is 5.11 Å². The zero-order valence-electron chi connectivity index (χ0n) is 10.4. The minimum Gasteiger partial charge on any atom is -0.391 e. The van der Waals surface area contributed by atoms with Gasteiger partial charge in [-0.3, -0.25) is 0 Å². The standard InChI is InChI=1S/C12H20N2OS2/c1-3-10-12(17-7-6-16-10)9(15)8-11-13-4-5-14(11)2/h4-5,9-10,12,15H,3,6-8H2,1-2H3. The number of imidazole rings is 1. The van der Waals surface area contributed by atoms with E-state index in [1.807, 2.05) is 41.3 Å². The van der Waals surface area contributed by atoms with Gasteiger partial charge in [-0.2, -0.15) is 23.5 Å². The number of thioether (sulfide) groups is 2. The minimum atomic E-state index is -0.279. The second kappa shape index (κ2) is 6.16. The maximum Gasteiger partial charge on any atom is 0.110 e. The molecule has 1 aliphatic rings. The maximum absolute atomic E-state index is 10.4. The zero-order chi connectivity index (χ0) is 12.3. The van der Waals surface area contributed by atoms with Gasteiger partial charge in [0.25, 0.3) is 0 Å². The van der Waals surface area contributed by atoms with E-state index < -0.39 is 0 Å². The SMILES string of the molecule is CCC1SCCSC1C(O)Cc1nccn1C. The Bertz CT molecular complexity index is 356. The fraction of sp³-hybridized carbons (Fsp3) is 0.750. The summed E-state index contributed by atoms with van der Waals surface area (Å²) in [5, 5.41) is 11.3. The van der Waals surface area contributed by atoms with Crippen molar-refractivity contribution in [2.45, 2.75) is 36.4 Å². The van der Waals surface area contributed by atoms with E-state index in [0.29, 0.717) is 16.9 Å². The van der Waals surface area contributed by atoms with E-state index in [4.69, 9.17) is 0 Å². The number of aromatic nitrogens is 2. The van der Waals surface area contributed by atoms with Crippen molar-refractivity contribution in [2.24, 2.45) is 7.05 Å². The van der Waals surface area contributed by atoms with Crippen LogP contribution in [0.3, 0.4) is 0 Å². The second-order valence-corrected chi connectivity index (χ2v) is 7.01. The summed E-state index contributed by atoms with van der Waals surface area (Å²) in [5.74, 6) is 3.35. The number of aryl methyl sites for hydroxylation is 1. The average Bonchev–Trinajstić information content (AvgIpc) is 2.75. The number of nitrogens with zero attached hydrogens (tertiary/aromatic N) is 2. The van der Waals surface area contributed by atoms with Gasteiger partial charge in [-0.25, -0.2) is 4.98 Å². The summed E-state index contributed by atoms with van der Waals surface area (Å²) >= 11 is 3.93. The first-order chi connectivity index (χ1) is 8.22. The van der Waals surface area contributed by atoms with E-state index >= 15 is 0 Å². The van der Waals surface area contributed by atoms with Crippen molar-refractivity contribution < 1.29 is 5.11 Å². The Morgan fingerprint density at radius 1 is 1.53 bits per heavy atom. The normalized spacial score (nSPS) is 27.0. The van der Waals surface area contributed by atoms with Crippen molar-refractivity contribution in [1.82, 2.24) is 9.55 Å². The number of aliphatic hydroxyl groups is 1. The molecule has 0 aliphatic carbocycles. The van der Waals surface area contributed by atoms with Crippen LogP contribution in [0.15, 0.2) is 12.4 Å². The number of hydrogen-bond acceptors (Lipinski definition) is 4. The molecule has 17 heavy (non-hydrogen) atoms. The molecule has 5 heteroatoms. The largest absolute Gasteiger partial charge is 0.391 e.